The second-order valence-electron chi connectivity index (χ2n) is 8.50. The van der Waals surface area contributed by atoms with Gasteiger partial charge >= 0.3 is 0 Å². The summed E-state index contributed by atoms with van der Waals surface area (Å²) in [6, 6.07) is 10.8. The van der Waals surface area contributed by atoms with E-state index in [9.17, 15) is 0 Å². The first-order valence-corrected chi connectivity index (χ1v) is 11.2. The Hall–Kier alpha value is -2.34. The van der Waals surface area contributed by atoms with Crippen LogP contribution in [0, 0.1) is 5.92 Å². The number of unbranched alkanes of at least 4 members (excludes halogenated alkanes) is 1. The van der Waals surface area contributed by atoms with E-state index in [0.717, 1.165) is 42.9 Å². The Bertz CT molecular complexity index is 742. The first kappa shape index (κ1) is 22.3. The quantitative estimate of drug-likeness (QED) is 0.542. The van der Waals surface area contributed by atoms with Crippen LogP contribution >= 0.6 is 0 Å². The molecule has 0 amide bonds. The third-order valence-corrected chi connectivity index (χ3v) is 5.94. The third-order valence-electron chi connectivity index (χ3n) is 5.94. The van der Waals surface area contributed by atoms with Crippen LogP contribution in [0.25, 0.3) is 0 Å². The van der Waals surface area contributed by atoms with Gasteiger partial charge in [0.2, 0.25) is 5.95 Å². The predicted molar refractivity (Wildman–Crippen MR) is 125 cm³/mol. The Labute approximate surface area is 181 Å². The maximum absolute atomic E-state index is 5.21. The summed E-state index contributed by atoms with van der Waals surface area (Å²) in [5.74, 6) is 3.41. The molecule has 30 heavy (non-hydrogen) atoms. The van der Waals surface area contributed by atoms with Crippen LogP contribution in [-0.4, -0.2) is 50.3 Å². The van der Waals surface area contributed by atoms with Crippen LogP contribution in [-0.2, 0) is 6.42 Å². The molecule has 3 rings (SSSR count). The molecule has 0 aliphatic heterocycles. The van der Waals surface area contributed by atoms with Gasteiger partial charge in [-0.2, -0.15) is 4.98 Å². The topological polar surface area (TPSA) is 62.3 Å². The van der Waals surface area contributed by atoms with Gasteiger partial charge in [-0.05, 0) is 87.7 Å². The average molecular weight is 412 g/mol. The fraction of sp³-hybridized carbons (Fsp3) is 0.583. The lowest BCUT2D eigenvalue weighted by Gasteiger charge is -2.29. The van der Waals surface area contributed by atoms with Gasteiger partial charge in [-0.3, -0.25) is 0 Å². The zero-order chi connectivity index (χ0) is 21.2. The van der Waals surface area contributed by atoms with Crippen molar-refractivity contribution in [2.24, 2.45) is 5.92 Å². The van der Waals surface area contributed by atoms with Crippen LogP contribution < -0.4 is 20.3 Å². The highest BCUT2D eigenvalue weighted by atomic mass is 16.5. The molecule has 1 aromatic carbocycles. The third kappa shape index (κ3) is 7.17. The molecule has 0 saturated heterocycles. The summed E-state index contributed by atoms with van der Waals surface area (Å²) in [4.78, 5) is 11.0. The number of aryl methyl sites for hydroxylation is 1. The minimum absolute atomic E-state index is 0.489. The normalized spacial score (nSPS) is 18.8. The van der Waals surface area contributed by atoms with Crippen molar-refractivity contribution < 1.29 is 4.74 Å². The van der Waals surface area contributed by atoms with E-state index in [1.54, 1.807) is 7.11 Å². The second-order valence-corrected chi connectivity index (χ2v) is 8.50. The van der Waals surface area contributed by atoms with Crippen molar-refractivity contribution >= 4 is 11.8 Å². The molecule has 164 valence electrons. The smallest absolute Gasteiger partial charge is 0.224 e. The van der Waals surface area contributed by atoms with Crippen LogP contribution in [0.4, 0.5) is 11.8 Å². The molecule has 1 fully saturated rings. The number of benzene rings is 1. The van der Waals surface area contributed by atoms with Gasteiger partial charge in [0.1, 0.15) is 11.6 Å². The molecule has 0 atom stereocenters. The lowest BCUT2D eigenvalue weighted by atomic mass is 9.86. The van der Waals surface area contributed by atoms with Crippen molar-refractivity contribution in [1.29, 1.82) is 0 Å². The Morgan fingerprint density at radius 3 is 2.50 bits per heavy atom. The molecular weight excluding hydrogens is 374 g/mol. The van der Waals surface area contributed by atoms with Crippen LogP contribution in [0.5, 0.6) is 5.75 Å². The molecule has 6 nitrogen and oxygen atoms in total. The number of anilines is 2. The molecular formula is C24H37N5O. The first-order chi connectivity index (χ1) is 14.6. The van der Waals surface area contributed by atoms with E-state index in [4.69, 9.17) is 4.74 Å². The lowest BCUT2D eigenvalue weighted by molar-refractivity contribution is 0.323. The zero-order valence-corrected chi connectivity index (χ0v) is 18.7. The van der Waals surface area contributed by atoms with Gasteiger partial charge in [0, 0.05) is 26.3 Å². The van der Waals surface area contributed by atoms with Gasteiger partial charge in [-0.1, -0.05) is 12.1 Å². The highest BCUT2D eigenvalue weighted by Crippen LogP contribution is 2.25. The molecule has 1 heterocycles. The number of nitrogens with one attached hydrogen (secondary N) is 2. The van der Waals surface area contributed by atoms with Gasteiger partial charge in [0.15, 0.2) is 0 Å². The molecule has 0 spiro atoms. The van der Waals surface area contributed by atoms with Crippen molar-refractivity contribution in [2.75, 3.05) is 44.5 Å². The average Bonchev–Trinajstić information content (AvgIpc) is 2.78. The molecule has 0 radical (unpaired) electrons. The number of methoxy groups -OCH3 is 1. The largest absolute Gasteiger partial charge is 0.497 e. The minimum Gasteiger partial charge on any atom is -0.497 e. The predicted octanol–water partition coefficient (Wildman–Crippen LogP) is 4.13. The summed E-state index contributed by atoms with van der Waals surface area (Å²) < 4.78 is 5.21. The number of ether oxygens (including phenoxy) is 1. The Morgan fingerprint density at radius 1 is 1.03 bits per heavy atom. The van der Waals surface area contributed by atoms with Crippen molar-refractivity contribution in [3.05, 3.63) is 42.1 Å². The van der Waals surface area contributed by atoms with E-state index in [-0.39, 0.29) is 0 Å². The Kier molecular flexibility index (Phi) is 8.75. The van der Waals surface area contributed by atoms with Crippen LogP contribution in [0.3, 0.4) is 0 Å². The van der Waals surface area contributed by atoms with E-state index < -0.39 is 0 Å². The summed E-state index contributed by atoms with van der Waals surface area (Å²) in [6.45, 7) is 2.25. The van der Waals surface area contributed by atoms with E-state index in [0.29, 0.717) is 6.04 Å². The van der Waals surface area contributed by atoms with Gasteiger partial charge in [0.05, 0.1) is 7.11 Å². The highest BCUT2D eigenvalue weighted by Gasteiger charge is 2.21. The molecule has 6 heteroatoms. The molecule has 2 aromatic rings. The lowest BCUT2D eigenvalue weighted by Crippen LogP contribution is -2.32. The van der Waals surface area contributed by atoms with Crippen LogP contribution in [0.15, 0.2) is 36.5 Å². The first-order valence-electron chi connectivity index (χ1n) is 11.2. The summed E-state index contributed by atoms with van der Waals surface area (Å²) >= 11 is 0. The minimum atomic E-state index is 0.489. The van der Waals surface area contributed by atoms with Crippen molar-refractivity contribution in [2.45, 2.75) is 51.0 Å². The maximum atomic E-state index is 5.21. The van der Waals surface area contributed by atoms with Gasteiger partial charge in [-0.15, -0.1) is 0 Å². The van der Waals surface area contributed by atoms with Gasteiger partial charge in [-0.25, -0.2) is 4.98 Å². The van der Waals surface area contributed by atoms with E-state index >= 15 is 0 Å². The molecule has 2 N–H and O–H groups in total. The summed E-state index contributed by atoms with van der Waals surface area (Å²) in [7, 11) is 5.72. The fourth-order valence-electron chi connectivity index (χ4n) is 4.04. The van der Waals surface area contributed by atoms with Crippen LogP contribution in [0.2, 0.25) is 0 Å². The van der Waals surface area contributed by atoms with Gasteiger partial charge < -0.3 is 20.3 Å². The van der Waals surface area contributed by atoms with Gasteiger partial charge in [0.25, 0.3) is 0 Å². The SMILES string of the molecule is COc1ccc(CCCCNC[C@H]2CC[C@@H](Nc3nccc(N(C)C)n3)CC2)cc1. The van der Waals surface area contributed by atoms with E-state index in [2.05, 4.69) is 32.7 Å². The van der Waals surface area contributed by atoms with Crippen molar-refractivity contribution in [1.82, 2.24) is 15.3 Å². The molecule has 1 aliphatic carbocycles. The fourth-order valence-corrected chi connectivity index (χ4v) is 4.04. The number of aromatic nitrogens is 2. The number of hydrogen-bond donors (Lipinski definition) is 2. The number of nitrogens with zero attached hydrogens (tertiary/aromatic N) is 3. The van der Waals surface area contributed by atoms with E-state index in [1.807, 2.05) is 43.4 Å². The number of hydrogen-bond acceptors (Lipinski definition) is 6. The second kappa shape index (κ2) is 11.7. The summed E-state index contributed by atoms with van der Waals surface area (Å²) in [5.41, 5.74) is 1.39. The van der Waals surface area contributed by atoms with Crippen molar-refractivity contribution in [3.8, 4) is 5.75 Å². The van der Waals surface area contributed by atoms with E-state index in [1.165, 1.54) is 44.1 Å². The highest BCUT2D eigenvalue weighted by molar-refractivity contribution is 5.41. The summed E-state index contributed by atoms with van der Waals surface area (Å²) in [5, 5.41) is 7.20. The standard InChI is InChI=1S/C24H37N5O/c1-29(2)23-15-17-26-24(28-23)27-21-11-7-20(8-12-21)18-25-16-5-4-6-19-9-13-22(30-3)14-10-19/h9-10,13-15,17,20-21,25H,4-8,11-12,16,18H2,1-3H3,(H,26,27,28)/t20-,21+. The molecule has 0 bridgehead atoms. The zero-order valence-electron chi connectivity index (χ0n) is 18.7. The van der Waals surface area contributed by atoms with Crippen LogP contribution in [0.1, 0.15) is 44.1 Å². The summed E-state index contributed by atoms with van der Waals surface area (Å²) in [6.07, 6.45) is 10.3. The Morgan fingerprint density at radius 2 is 1.80 bits per heavy atom. The molecule has 1 aliphatic rings. The molecule has 1 aromatic heterocycles. The monoisotopic (exact) mass is 411 g/mol. The van der Waals surface area contributed by atoms with Crippen molar-refractivity contribution in [3.63, 3.8) is 0 Å². The molecule has 1 saturated carbocycles. The molecule has 0 unspecified atom stereocenters. The number of rotatable bonds is 11. The maximum Gasteiger partial charge on any atom is 0.224 e. The Balaban J connectivity index is 1.25.